The number of nitrogens with two attached hydrogens (primary N) is 2. The van der Waals surface area contributed by atoms with Crippen molar-refractivity contribution in [3.63, 3.8) is 0 Å². The van der Waals surface area contributed by atoms with Crippen molar-refractivity contribution in [3.05, 3.63) is 97.6 Å². The second-order valence-corrected chi connectivity index (χ2v) is 12.9. The number of carbonyl (C=O) groups excluding carboxylic acids is 1. The number of fused-ring (bicyclic) bond motifs is 2. The summed E-state index contributed by atoms with van der Waals surface area (Å²) in [6, 6.07) is 17.5. The molecule has 6 rings (SSSR count). The highest BCUT2D eigenvalue weighted by molar-refractivity contribution is 9.10. The molecule has 6 N–H and O–H groups in total. The predicted octanol–water partition coefficient (Wildman–Crippen LogP) is 8.35. The summed E-state index contributed by atoms with van der Waals surface area (Å²) >= 11 is 8.00. The number of aromatic nitrogens is 2. The van der Waals surface area contributed by atoms with E-state index in [0.717, 1.165) is 61.8 Å². The molecular weight excluding hydrogens is 741 g/mol. The third-order valence-corrected chi connectivity index (χ3v) is 8.30. The average molecular weight is 772 g/mol. The number of carboxylic acids is 1. The van der Waals surface area contributed by atoms with E-state index in [0.29, 0.717) is 22.2 Å². The van der Waals surface area contributed by atoms with Gasteiger partial charge in [0.25, 0.3) is 0 Å². The fraction of sp³-hybridized carbons (Fsp3) is 0.258. The fourth-order valence-electron chi connectivity index (χ4n) is 3.79. The molecule has 1 aliphatic heterocycles. The van der Waals surface area contributed by atoms with Crippen molar-refractivity contribution in [2.45, 2.75) is 38.5 Å². The molecular formula is C31H31Br2F3N4O4S. The number of carbonyl (C=O) groups is 2. The summed E-state index contributed by atoms with van der Waals surface area (Å²) in [5.74, 6) is -0.801. The Morgan fingerprint density at radius 2 is 1.73 bits per heavy atom. The molecule has 1 unspecified atom stereocenters. The van der Waals surface area contributed by atoms with Gasteiger partial charge in [0.15, 0.2) is 5.78 Å². The van der Waals surface area contributed by atoms with Gasteiger partial charge < -0.3 is 26.3 Å². The summed E-state index contributed by atoms with van der Waals surface area (Å²) in [6.07, 6.45) is -2.19. The molecule has 1 saturated heterocycles. The van der Waals surface area contributed by atoms with Gasteiger partial charge in [-0.25, -0.2) is 4.79 Å². The van der Waals surface area contributed by atoms with Gasteiger partial charge in [-0.3, -0.25) is 9.78 Å². The van der Waals surface area contributed by atoms with Crippen molar-refractivity contribution in [3.8, 4) is 0 Å². The Hall–Kier alpha value is -3.14. The van der Waals surface area contributed by atoms with Gasteiger partial charge in [0, 0.05) is 56.4 Å². The maximum Gasteiger partial charge on any atom is 0.433 e. The van der Waals surface area contributed by atoms with Crippen LogP contribution >= 0.6 is 43.2 Å². The first-order valence-corrected chi connectivity index (χ1v) is 15.9. The van der Waals surface area contributed by atoms with Crippen LogP contribution in [0.25, 0.3) is 21.0 Å². The number of ketones is 1. The minimum absolute atomic E-state index is 0.0623. The standard InChI is InChI=1S/C10H8BrNO.C9H5BrO2S.C8H9F3N2.C4H9NO/c1-6(13)9-4-7-2-3-8(11)5-10(7)12-9;10-6-2-1-5-3-8(9(11)12)13-7(5)4-6;1-5(12)6-2-3-7(13-4-6)8(9,10)11;5-4-1-2-6-3-4/h2-5,12H,1H3;1-4H,(H,11,12);2-5H,12H2,1H3;4H,1-3,5H2/t;;5-;/m..1./s1. The zero-order chi connectivity index (χ0) is 33.3. The number of halogens is 5. The lowest BCUT2D eigenvalue weighted by Crippen LogP contribution is -2.18. The number of aromatic amines is 1. The molecule has 0 spiro atoms. The number of pyridine rings is 1. The molecule has 8 nitrogen and oxygen atoms in total. The fourth-order valence-corrected chi connectivity index (χ4v) is 5.61. The van der Waals surface area contributed by atoms with Crippen LogP contribution in [-0.2, 0) is 10.9 Å². The molecule has 14 heteroatoms. The van der Waals surface area contributed by atoms with Crippen LogP contribution in [0.2, 0.25) is 0 Å². The van der Waals surface area contributed by atoms with Crippen molar-refractivity contribution in [1.29, 1.82) is 0 Å². The molecule has 1 fully saturated rings. The quantitative estimate of drug-likeness (QED) is 0.135. The molecule has 0 aliphatic carbocycles. The molecule has 3 aromatic heterocycles. The minimum atomic E-state index is -4.38. The molecule has 240 valence electrons. The lowest BCUT2D eigenvalue weighted by atomic mass is 10.1. The number of hydrogen-bond acceptors (Lipinski definition) is 7. The van der Waals surface area contributed by atoms with E-state index in [-0.39, 0.29) is 11.8 Å². The van der Waals surface area contributed by atoms with Crippen molar-refractivity contribution >= 4 is 75.9 Å². The van der Waals surface area contributed by atoms with Crippen LogP contribution in [0.15, 0.2) is 75.8 Å². The largest absolute Gasteiger partial charge is 0.477 e. The first-order chi connectivity index (χ1) is 21.1. The van der Waals surface area contributed by atoms with Gasteiger partial charge in [-0.2, -0.15) is 13.2 Å². The number of aromatic carboxylic acids is 1. The van der Waals surface area contributed by atoms with E-state index in [1.54, 1.807) is 19.9 Å². The van der Waals surface area contributed by atoms with Crippen LogP contribution in [0.5, 0.6) is 0 Å². The second kappa shape index (κ2) is 16.4. The number of nitrogens with zero attached hydrogens (tertiary/aromatic N) is 1. The van der Waals surface area contributed by atoms with Crippen LogP contribution in [0.3, 0.4) is 0 Å². The van der Waals surface area contributed by atoms with Gasteiger partial charge >= 0.3 is 12.1 Å². The Bertz CT molecular complexity index is 1640. The van der Waals surface area contributed by atoms with E-state index in [2.05, 4.69) is 41.8 Å². The van der Waals surface area contributed by atoms with Crippen LogP contribution in [-0.4, -0.2) is 46.1 Å². The van der Waals surface area contributed by atoms with E-state index in [1.807, 2.05) is 42.5 Å². The maximum absolute atomic E-state index is 12.0. The first-order valence-electron chi connectivity index (χ1n) is 13.5. The van der Waals surface area contributed by atoms with E-state index < -0.39 is 17.8 Å². The highest BCUT2D eigenvalue weighted by Crippen LogP contribution is 2.29. The van der Waals surface area contributed by atoms with E-state index in [9.17, 15) is 22.8 Å². The molecule has 2 aromatic carbocycles. The van der Waals surface area contributed by atoms with Gasteiger partial charge in [-0.1, -0.05) is 50.1 Å². The van der Waals surface area contributed by atoms with Crippen molar-refractivity contribution in [2.24, 2.45) is 11.5 Å². The Kier molecular flexibility index (Phi) is 13.3. The number of rotatable bonds is 3. The molecule has 0 radical (unpaired) electrons. The Morgan fingerprint density at radius 1 is 1.07 bits per heavy atom. The molecule has 0 bridgehead atoms. The monoisotopic (exact) mass is 770 g/mol. The molecule has 1 aliphatic rings. The van der Waals surface area contributed by atoms with Crippen molar-refractivity contribution < 1.29 is 32.6 Å². The highest BCUT2D eigenvalue weighted by atomic mass is 79.9. The zero-order valence-corrected chi connectivity index (χ0v) is 28.2. The van der Waals surface area contributed by atoms with Crippen LogP contribution < -0.4 is 11.5 Å². The molecule has 45 heavy (non-hydrogen) atoms. The van der Waals surface area contributed by atoms with Crippen LogP contribution in [0, 0.1) is 0 Å². The second-order valence-electron chi connectivity index (χ2n) is 9.96. The average Bonchev–Trinajstić information content (AvgIpc) is 3.73. The Morgan fingerprint density at radius 3 is 2.22 bits per heavy atom. The maximum atomic E-state index is 12.0. The summed E-state index contributed by atoms with van der Waals surface area (Å²) in [7, 11) is 0. The molecule has 0 amide bonds. The van der Waals surface area contributed by atoms with Gasteiger partial charge in [0.2, 0.25) is 0 Å². The van der Waals surface area contributed by atoms with E-state index >= 15 is 0 Å². The predicted molar refractivity (Wildman–Crippen MR) is 178 cm³/mol. The number of alkyl halides is 3. The Balaban J connectivity index is 0.000000169. The summed E-state index contributed by atoms with van der Waals surface area (Å²) in [4.78, 5) is 28.4. The summed E-state index contributed by atoms with van der Waals surface area (Å²) in [5.41, 5.74) is 12.2. The summed E-state index contributed by atoms with van der Waals surface area (Å²) < 4.78 is 44.0. The van der Waals surface area contributed by atoms with Gasteiger partial charge in [-0.05, 0) is 66.8 Å². The smallest absolute Gasteiger partial charge is 0.433 e. The van der Waals surface area contributed by atoms with Gasteiger partial charge in [0.1, 0.15) is 10.6 Å². The van der Waals surface area contributed by atoms with Gasteiger partial charge in [-0.15, -0.1) is 11.3 Å². The molecule has 5 aromatic rings. The number of Topliss-reactive ketones (excluding diaryl/α,β-unsaturated/α-hetero) is 1. The SMILES string of the molecule is CC(=O)c1cc2ccc(Br)cc2[nH]1.C[C@@H](N)c1ccc(C(F)(F)F)nc1.NC1CCOC1.O=C(O)c1cc2ccc(Br)cc2s1. The number of thiophene rings is 1. The Labute approximate surface area is 278 Å². The summed E-state index contributed by atoms with van der Waals surface area (Å²) in [5, 5.41) is 10.8. The minimum Gasteiger partial charge on any atom is -0.477 e. The van der Waals surface area contributed by atoms with Crippen molar-refractivity contribution in [1.82, 2.24) is 9.97 Å². The van der Waals surface area contributed by atoms with Gasteiger partial charge in [0.05, 0.1) is 12.3 Å². The van der Waals surface area contributed by atoms with E-state index in [1.165, 1.54) is 17.4 Å². The van der Waals surface area contributed by atoms with Crippen LogP contribution in [0.4, 0.5) is 13.2 Å². The first kappa shape index (κ1) is 36.3. The van der Waals surface area contributed by atoms with Crippen LogP contribution in [0.1, 0.15) is 57.7 Å². The number of benzene rings is 2. The lowest BCUT2D eigenvalue weighted by Gasteiger charge is -2.08. The number of hydrogen-bond donors (Lipinski definition) is 4. The third-order valence-electron chi connectivity index (χ3n) is 6.22. The number of ether oxygens (including phenoxy) is 1. The normalized spacial score (nSPS) is 14.8. The number of carboxylic acid groups (broad SMARTS) is 1. The number of nitrogens with one attached hydrogen (secondary N) is 1. The van der Waals surface area contributed by atoms with E-state index in [4.69, 9.17) is 21.3 Å². The topological polar surface area (TPSA) is 144 Å². The number of H-pyrrole nitrogens is 1. The molecule has 0 saturated carbocycles. The van der Waals surface area contributed by atoms with Crippen molar-refractivity contribution in [2.75, 3.05) is 13.2 Å². The zero-order valence-electron chi connectivity index (χ0n) is 24.2. The third kappa shape index (κ3) is 11.3. The molecule has 4 heterocycles. The summed E-state index contributed by atoms with van der Waals surface area (Å²) in [6.45, 7) is 4.87. The highest BCUT2D eigenvalue weighted by Gasteiger charge is 2.32. The lowest BCUT2D eigenvalue weighted by molar-refractivity contribution is -0.141. The molecule has 2 atom stereocenters.